The lowest BCUT2D eigenvalue weighted by Crippen LogP contribution is -2.23. The van der Waals surface area contributed by atoms with Crippen LogP contribution in [0.1, 0.15) is 20.9 Å². The molecule has 6 heteroatoms. The lowest BCUT2D eigenvalue weighted by molar-refractivity contribution is 0.0954. The molecule has 18 heavy (non-hydrogen) atoms. The van der Waals surface area contributed by atoms with E-state index >= 15 is 0 Å². The van der Waals surface area contributed by atoms with Gasteiger partial charge in [0.15, 0.2) is 0 Å². The Balaban J connectivity index is 2.06. The second kappa shape index (κ2) is 5.22. The predicted molar refractivity (Wildman–Crippen MR) is 64.4 cm³/mol. The van der Waals surface area contributed by atoms with Crippen molar-refractivity contribution in [3.63, 3.8) is 0 Å². The second-order valence-electron chi connectivity index (χ2n) is 3.69. The SMILES string of the molecule is Cc1ncsc1C(=O)NCc1cc(F)ccc1F. The molecule has 0 aliphatic carbocycles. The van der Waals surface area contributed by atoms with Crippen LogP contribution in [0.4, 0.5) is 8.78 Å². The minimum atomic E-state index is -0.544. The number of halogens is 2. The van der Waals surface area contributed by atoms with Crippen molar-refractivity contribution < 1.29 is 13.6 Å². The number of carbonyl (C=O) groups is 1. The molecular weight excluding hydrogens is 258 g/mol. The quantitative estimate of drug-likeness (QED) is 0.929. The molecule has 0 radical (unpaired) electrons. The maximum absolute atomic E-state index is 13.3. The third-order valence-corrected chi connectivity index (χ3v) is 3.33. The van der Waals surface area contributed by atoms with Crippen LogP contribution in [-0.2, 0) is 6.54 Å². The molecule has 0 bridgehead atoms. The molecule has 1 amide bonds. The summed E-state index contributed by atoms with van der Waals surface area (Å²) in [6.45, 7) is 1.66. The van der Waals surface area contributed by atoms with E-state index in [4.69, 9.17) is 0 Å². The fraction of sp³-hybridized carbons (Fsp3) is 0.167. The highest BCUT2D eigenvalue weighted by atomic mass is 32.1. The summed E-state index contributed by atoms with van der Waals surface area (Å²) < 4.78 is 26.2. The molecule has 0 saturated heterocycles. The van der Waals surface area contributed by atoms with Crippen LogP contribution in [0.15, 0.2) is 23.7 Å². The molecule has 0 atom stereocenters. The zero-order valence-electron chi connectivity index (χ0n) is 9.54. The van der Waals surface area contributed by atoms with Crippen LogP contribution >= 0.6 is 11.3 Å². The second-order valence-corrected chi connectivity index (χ2v) is 4.54. The van der Waals surface area contributed by atoms with E-state index in [2.05, 4.69) is 10.3 Å². The first-order chi connectivity index (χ1) is 8.58. The lowest BCUT2D eigenvalue weighted by Gasteiger charge is -2.05. The van der Waals surface area contributed by atoms with Crippen molar-refractivity contribution in [2.45, 2.75) is 13.5 Å². The molecule has 0 saturated carbocycles. The number of nitrogens with one attached hydrogen (secondary N) is 1. The first kappa shape index (κ1) is 12.6. The summed E-state index contributed by atoms with van der Waals surface area (Å²) in [6, 6.07) is 3.14. The van der Waals surface area contributed by atoms with Gasteiger partial charge in [0.25, 0.3) is 5.91 Å². The van der Waals surface area contributed by atoms with Gasteiger partial charge in [-0.3, -0.25) is 4.79 Å². The van der Waals surface area contributed by atoms with E-state index in [0.29, 0.717) is 10.6 Å². The average Bonchev–Trinajstić information content (AvgIpc) is 2.76. The summed E-state index contributed by atoms with van der Waals surface area (Å²) in [5.41, 5.74) is 2.30. The third-order valence-electron chi connectivity index (χ3n) is 2.40. The van der Waals surface area contributed by atoms with Gasteiger partial charge in [0, 0.05) is 12.1 Å². The first-order valence-corrected chi connectivity index (χ1v) is 6.08. The molecular formula is C12H10F2N2OS. The van der Waals surface area contributed by atoms with Crippen molar-refractivity contribution in [3.05, 3.63) is 51.5 Å². The summed E-state index contributed by atoms with van der Waals surface area (Å²) in [5, 5.41) is 2.54. The van der Waals surface area contributed by atoms with Gasteiger partial charge < -0.3 is 5.32 Å². The monoisotopic (exact) mass is 268 g/mol. The molecule has 0 aliphatic rings. The summed E-state index contributed by atoms with van der Waals surface area (Å²) >= 11 is 1.21. The largest absolute Gasteiger partial charge is 0.347 e. The number of benzene rings is 1. The van der Waals surface area contributed by atoms with E-state index in [0.717, 1.165) is 18.2 Å². The number of rotatable bonds is 3. The smallest absolute Gasteiger partial charge is 0.263 e. The van der Waals surface area contributed by atoms with Crippen LogP contribution < -0.4 is 5.32 Å². The van der Waals surface area contributed by atoms with Gasteiger partial charge in [-0.1, -0.05) is 0 Å². The van der Waals surface area contributed by atoms with Crippen molar-refractivity contribution in [2.75, 3.05) is 0 Å². The first-order valence-electron chi connectivity index (χ1n) is 5.20. The Morgan fingerprint density at radius 3 is 2.89 bits per heavy atom. The Morgan fingerprint density at radius 1 is 1.44 bits per heavy atom. The van der Waals surface area contributed by atoms with Crippen LogP contribution in [0, 0.1) is 18.6 Å². The number of hydrogen-bond acceptors (Lipinski definition) is 3. The van der Waals surface area contributed by atoms with Crippen LogP contribution in [0.25, 0.3) is 0 Å². The Morgan fingerprint density at radius 2 is 2.22 bits per heavy atom. The van der Waals surface area contributed by atoms with Crippen LogP contribution in [0.2, 0.25) is 0 Å². The van der Waals surface area contributed by atoms with Gasteiger partial charge in [-0.15, -0.1) is 11.3 Å². The van der Waals surface area contributed by atoms with Crippen molar-refractivity contribution in [2.24, 2.45) is 0 Å². The maximum Gasteiger partial charge on any atom is 0.263 e. The Hall–Kier alpha value is -1.82. The fourth-order valence-corrected chi connectivity index (χ4v) is 2.17. The molecule has 2 aromatic rings. The molecule has 3 nitrogen and oxygen atoms in total. The lowest BCUT2D eigenvalue weighted by atomic mass is 10.2. The summed E-state index contributed by atoms with van der Waals surface area (Å²) in [6.07, 6.45) is 0. The topological polar surface area (TPSA) is 42.0 Å². The molecule has 1 heterocycles. The molecule has 0 unspecified atom stereocenters. The maximum atomic E-state index is 13.3. The number of thiazole rings is 1. The summed E-state index contributed by atoms with van der Waals surface area (Å²) in [7, 11) is 0. The van der Waals surface area contributed by atoms with Crippen molar-refractivity contribution >= 4 is 17.2 Å². The van der Waals surface area contributed by atoms with Gasteiger partial charge in [-0.25, -0.2) is 13.8 Å². The van der Waals surface area contributed by atoms with E-state index in [1.165, 1.54) is 11.3 Å². The summed E-state index contributed by atoms with van der Waals surface area (Å²) in [5.74, 6) is -1.41. The van der Waals surface area contributed by atoms with Gasteiger partial charge >= 0.3 is 0 Å². The molecule has 0 aliphatic heterocycles. The molecule has 1 aromatic carbocycles. The molecule has 1 N–H and O–H groups in total. The van der Waals surface area contributed by atoms with E-state index in [1.807, 2.05) is 0 Å². The average molecular weight is 268 g/mol. The minimum absolute atomic E-state index is 0.0558. The zero-order chi connectivity index (χ0) is 13.1. The van der Waals surface area contributed by atoms with Gasteiger partial charge in [0.1, 0.15) is 16.5 Å². The highest BCUT2D eigenvalue weighted by Gasteiger charge is 2.12. The van der Waals surface area contributed by atoms with Crippen LogP contribution in [0.5, 0.6) is 0 Å². The standard InChI is InChI=1S/C12H10F2N2OS/c1-7-11(18-6-16-7)12(17)15-5-8-4-9(13)2-3-10(8)14/h2-4,6H,5H2,1H3,(H,15,17). The number of hydrogen-bond donors (Lipinski definition) is 1. The van der Waals surface area contributed by atoms with Gasteiger partial charge in [-0.05, 0) is 25.1 Å². The van der Waals surface area contributed by atoms with Gasteiger partial charge in [0.05, 0.1) is 11.2 Å². The van der Waals surface area contributed by atoms with E-state index in [-0.39, 0.29) is 18.0 Å². The molecule has 2 rings (SSSR count). The fourth-order valence-electron chi connectivity index (χ4n) is 1.45. The highest BCUT2D eigenvalue weighted by molar-refractivity contribution is 7.11. The number of nitrogens with zero attached hydrogens (tertiary/aromatic N) is 1. The molecule has 1 aromatic heterocycles. The highest BCUT2D eigenvalue weighted by Crippen LogP contribution is 2.13. The van der Waals surface area contributed by atoms with Gasteiger partial charge in [-0.2, -0.15) is 0 Å². The zero-order valence-corrected chi connectivity index (χ0v) is 10.4. The predicted octanol–water partition coefficient (Wildman–Crippen LogP) is 2.66. The van der Waals surface area contributed by atoms with Crippen molar-refractivity contribution in [1.82, 2.24) is 10.3 Å². The van der Waals surface area contributed by atoms with E-state index < -0.39 is 11.6 Å². The minimum Gasteiger partial charge on any atom is -0.347 e. The normalized spacial score (nSPS) is 10.4. The van der Waals surface area contributed by atoms with Gasteiger partial charge in [0.2, 0.25) is 0 Å². The number of carbonyl (C=O) groups excluding carboxylic acids is 1. The number of aryl methyl sites for hydroxylation is 1. The van der Waals surface area contributed by atoms with E-state index in [9.17, 15) is 13.6 Å². The third kappa shape index (κ3) is 2.70. The van der Waals surface area contributed by atoms with Crippen molar-refractivity contribution in [3.8, 4) is 0 Å². The molecule has 0 spiro atoms. The molecule has 94 valence electrons. The van der Waals surface area contributed by atoms with Crippen LogP contribution in [-0.4, -0.2) is 10.9 Å². The van der Waals surface area contributed by atoms with Crippen LogP contribution in [0.3, 0.4) is 0 Å². The Kier molecular flexibility index (Phi) is 3.66. The van der Waals surface area contributed by atoms with Crippen molar-refractivity contribution in [1.29, 1.82) is 0 Å². The number of amides is 1. The number of aromatic nitrogens is 1. The molecule has 0 fully saturated rings. The Labute approximate surface area is 106 Å². The van der Waals surface area contributed by atoms with E-state index in [1.54, 1.807) is 12.4 Å². The Bertz CT molecular complexity index is 583. The summed E-state index contributed by atoms with van der Waals surface area (Å²) in [4.78, 5) is 16.2.